The molecule has 0 bridgehead atoms. The molecule has 1 N–H and O–H groups in total. The maximum Gasteiger partial charge on any atom is 0.197 e. The summed E-state index contributed by atoms with van der Waals surface area (Å²) in [7, 11) is 3.34. The van der Waals surface area contributed by atoms with Crippen molar-refractivity contribution in [3.8, 4) is 11.5 Å². The summed E-state index contributed by atoms with van der Waals surface area (Å²) in [6.07, 6.45) is 0.633. The number of amidine groups is 1. The number of allylic oxidation sites excluding steroid dienone is 1. The van der Waals surface area contributed by atoms with E-state index in [1.165, 1.54) is 0 Å². The predicted molar refractivity (Wildman–Crippen MR) is 162 cm³/mol. The standard InChI is InChI=1S/C33H42FN3O5/c1-9-41-25-17-21-18-37(31(35)26(21)27(34)29(25)42-10-2)19-24(38)20-11-13-22(14-12-20)33(6)30(32(3,4)5)28(40-8)23(36-33)15-16-39-7/h11-14,17,35H,9-10,15-16,18-19H2,1-8H3. The first-order valence-corrected chi connectivity index (χ1v) is 14.4. The lowest BCUT2D eigenvalue weighted by Gasteiger charge is -2.34. The van der Waals surface area contributed by atoms with E-state index >= 15 is 4.39 Å². The van der Waals surface area contributed by atoms with Crippen molar-refractivity contribution in [1.82, 2.24) is 4.90 Å². The summed E-state index contributed by atoms with van der Waals surface area (Å²) in [6.45, 7) is 13.4. The SMILES string of the molecule is CCOc1cc2c(c(F)c1OCC)C(=N)N(CC(=O)c1ccc(C3(C)N=C(CCOC)C(OC)=C3C(C)(C)C)cc1)C2. The third-order valence-electron chi connectivity index (χ3n) is 7.71. The quantitative estimate of drug-likeness (QED) is 0.297. The Bertz CT molecular complexity index is 1420. The van der Waals surface area contributed by atoms with Crippen LogP contribution in [0.4, 0.5) is 4.39 Å². The van der Waals surface area contributed by atoms with Gasteiger partial charge in [0.15, 0.2) is 23.1 Å². The van der Waals surface area contributed by atoms with Gasteiger partial charge in [-0.3, -0.25) is 15.2 Å². The minimum atomic E-state index is -0.666. The Hall–Kier alpha value is -3.72. The highest BCUT2D eigenvalue weighted by molar-refractivity contribution is 6.06. The molecule has 0 radical (unpaired) electrons. The molecule has 0 aliphatic carbocycles. The van der Waals surface area contributed by atoms with E-state index in [-0.39, 0.29) is 48.0 Å². The van der Waals surface area contributed by atoms with Crippen molar-refractivity contribution in [2.45, 2.75) is 60.0 Å². The van der Waals surface area contributed by atoms with Crippen LogP contribution in [0.5, 0.6) is 11.5 Å². The van der Waals surface area contributed by atoms with Crippen molar-refractivity contribution in [2.24, 2.45) is 10.4 Å². The van der Waals surface area contributed by atoms with Crippen molar-refractivity contribution in [2.75, 3.05) is 40.6 Å². The van der Waals surface area contributed by atoms with Crippen molar-refractivity contribution < 1.29 is 28.1 Å². The summed E-state index contributed by atoms with van der Waals surface area (Å²) in [5.74, 6) is 0.262. The molecule has 0 fully saturated rings. The van der Waals surface area contributed by atoms with Gasteiger partial charge in [-0.15, -0.1) is 0 Å². The molecule has 2 heterocycles. The third kappa shape index (κ3) is 5.67. The normalized spacial score (nSPS) is 18.4. The lowest BCUT2D eigenvalue weighted by Crippen LogP contribution is -2.31. The van der Waals surface area contributed by atoms with E-state index in [0.29, 0.717) is 36.5 Å². The zero-order valence-corrected chi connectivity index (χ0v) is 25.9. The lowest BCUT2D eigenvalue weighted by molar-refractivity contribution is 0.0962. The fourth-order valence-corrected chi connectivity index (χ4v) is 6.01. The number of nitrogens with zero attached hydrogens (tertiary/aromatic N) is 2. The van der Waals surface area contributed by atoms with Crippen LogP contribution >= 0.6 is 0 Å². The molecule has 8 nitrogen and oxygen atoms in total. The first-order valence-electron chi connectivity index (χ1n) is 14.4. The molecule has 0 spiro atoms. The molecule has 2 aliphatic rings. The van der Waals surface area contributed by atoms with Crippen LogP contribution in [-0.4, -0.2) is 62.8 Å². The van der Waals surface area contributed by atoms with Crippen molar-refractivity contribution in [1.29, 1.82) is 5.41 Å². The number of halogens is 1. The largest absolute Gasteiger partial charge is 0.495 e. The van der Waals surface area contributed by atoms with Crippen LogP contribution in [0, 0.1) is 16.6 Å². The van der Waals surface area contributed by atoms with Crippen LogP contribution in [0.25, 0.3) is 0 Å². The topological polar surface area (TPSA) is 93.4 Å². The number of ether oxygens (including phenoxy) is 4. The van der Waals surface area contributed by atoms with Gasteiger partial charge in [-0.1, -0.05) is 45.0 Å². The molecule has 2 aliphatic heterocycles. The Morgan fingerprint density at radius 2 is 1.79 bits per heavy atom. The molecule has 2 aromatic rings. The van der Waals surface area contributed by atoms with E-state index in [9.17, 15) is 4.79 Å². The van der Waals surface area contributed by atoms with Crippen LogP contribution in [0.2, 0.25) is 0 Å². The highest BCUT2D eigenvalue weighted by Gasteiger charge is 2.45. The summed E-state index contributed by atoms with van der Waals surface area (Å²) < 4.78 is 37.7. The number of Topliss-reactive ketones (excluding diaryl/α,β-unsaturated/α-hetero) is 1. The Balaban J connectivity index is 1.58. The van der Waals surface area contributed by atoms with Crippen LogP contribution in [-0.2, 0) is 21.6 Å². The summed E-state index contributed by atoms with van der Waals surface area (Å²) in [5, 5.41) is 8.64. The van der Waals surface area contributed by atoms with Gasteiger partial charge >= 0.3 is 0 Å². The van der Waals surface area contributed by atoms with Gasteiger partial charge in [-0.2, -0.15) is 0 Å². The monoisotopic (exact) mass is 579 g/mol. The second kappa shape index (κ2) is 12.3. The maximum atomic E-state index is 15.4. The number of methoxy groups -OCH3 is 2. The van der Waals surface area contributed by atoms with E-state index in [2.05, 4.69) is 27.7 Å². The zero-order chi connectivity index (χ0) is 30.8. The molecular weight excluding hydrogens is 537 g/mol. The van der Waals surface area contributed by atoms with Gasteiger partial charge in [0.25, 0.3) is 0 Å². The molecule has 1 unspecified atom stereocenters. The average Bonchev–Trinajstić information content (AvgIpc) is 3.43. The number of carbonyl (C=O) groups is 1. The molecule has 226 valence electrons. The summed E-state index contributed by atoms with van der Waals surface area (Å²) >= 11 is 0. The Morgan fingerprint density at radius 3 is 2.36 bits per heavy atom. The summed E-state index contributed by atoms with van der Waals surface area (Å²) in [6, 6.07) is 9.17. The molecule has 0 aromatic heterocycles. The lowest BCUT2D eigenvalue weighted by atomic mass is 9.72. The van der Waals surface area contributed by atoms with E-state index in [1.54, 1.807) is 44.2 Å². The van der Waals surface area contributed by atoms with E-state index in [1.807, 2.05) is 19.1 Å². The molecular formula is C33H42FN3O5. The van der Waals surface area contributed by atoms with Crippen LogP contribution < -0.4 is 9.47 Å². The van der Waals surface area contributed by atoms with Gasteiger partial charge in [0.2, 0.25) is 0 Å². The number of rotatable bonds is 12. The number of ketones is 1. The Morgan fingerprint density at radius 1 is 1.12 bits per heavy atom. The number of hydrogen-bond donors (Lipinski definition) is 1. The summed E-state index contributed by atoms with van der Waals surface area (Å²) in [4.78, 5) is 20.1. The molecule has 2 aromatic carbocycles. The van der Waals surface area contributed by atoms with Gasteiger partial charge in [-0.25, -0.2) is 4.39 Å². The van der Waals surface area contributed by atoms with Crippen molar-refractivity contribution in [3.05, 3.63) is 69.7 Å². The Kier molecular flexibility index (Phi) is 9.11. The molecule has 9 heteroatoms. The number of benzene rings is 2. The minimum absolute atomic E-state index is 0.000339. The minimum Gasteiger partial charge on any atom is -0.495 e. The first kappa shape index (κ1) is 31.2. The van der Waals surface area contributed by atoms with Crippen LogP contribution in [0.3, 0.4) is 0 Å². The predicted octanol–water partition coefficient (Wildman–Crippen LogP) is 6.30. The number of carbonyl (C=O) groups excluding carboxylic acids is 1. The number of nitrogens with one attached hydrogen (secondary N) is 1. The highest BCUT2D eigenvalue weighted by Crippen LogP contribution is 2.49. The van der Waals surface area contributed by atoms with Gasteiger partial charge in [0.05, 0.1) is 44.8 Å². The maximum absolute atomic E-state index is 15.4. The van der Waals surface area contributed by atoms with Gasteiger partial charge in [0, 0.05) is 31.2 Å². The zero-order valence-electron chi connectivity index (χ0n) is 25.9. The molecule has 1 atom stereocenters. The van der Waals surface area contributed by atoms with E-state index < -0.39 is 11.4 Å². The molecule has 0 saturated heterocycles. The number of fused-ring (bicyclic) bond motifs is 1. The number of hydrogen-bond acceptors (Lipinski definition) is 7. The van der Waals surface area contributed by atoms with Crippen molar-refractivity contribution >= 4 is 17.3 Å². The summed E-state index contributed by atoms with van der Waals surface area (Å²) in [5.41, 5.74) is 3.25. The first-order chi connectivity index (χ1) is 19.9. The van der Waals surface area contributed by atoms with E-state index in [4.69, 9.17) is 29.3 Å². The molecule has 42 heavy (non-hydrogen) atoms. The highest BCUT2D eigenvalue weighted by atomic mass is 19.1. The van der Waals surface area contributed by atoms with E-state index in [0.717, 1.165) is 22.6 Å². The number of aliphatic imine (C=N–C) groups is 1. The second-order valence-electron chi connectivity index (χ2n) is 11.7. The fourth-order valence-electron chi connectivity index (χ4n) is 6.01. The third-order valence-corrected chi connectivity index (χ3v) is 7.71. The van der Waals surface area contributed by atoms with Crippen molar-refractivity contribution in [3.63, 3.8) is 0 Å². The second-order valence-corrected chi connectivity index (χ2v) is 11.7. The van der Waals surface area contributed by atoms with Gasteiger partial charge < -0.3 is 23.8 Å². The van der Waals surface area contributed by atoms with Gasteiger partial charge in [0.1, 0.15) is 17.1 Å². The average molecular weight is 580 g/mol. The molecule has 0 amide bonds. The fraction of sp³-hybridized carbons (Fsp3) is 0.485. The smallest absolute Gasteiger partial charge is 0.197 e. The van der Waals surface area contributed by atoms with Crippen LogP contribution in [0.15, 0.2) is 46.7 Å². The molecule has 0 saturated carbocycles. The van der Waals surface area contributed by atoms with Gasteiger partial charge in [-0.05, 0) is 43.4 Å². The molecule has 4 rings (SSSR count). The van der Waals surface area contributed by atoms with Crippen LogP contribution in [0.1, 0.15) is 75.0 Å². The Labute approximate surface area is 248 Å².